The van der Waals surface area contributed by atoms with E-state index in [1.54, 1.807) is 36.5 Å². The van der Waals surface area contributed by atoms with E-state index in [4.69, 9.17) is 22.7 Å². The summed E-state index contributed by atoms with van der Waals surface area (Å²) in [6.07, 6.45) is 5.02. The fourth-order valence-corrected chi connectivity index (χ4v) is 3.92. The third-order valence-electron chi connectivity index (χ3n) is 5.66. The lowest BCUT2D eigenvalue weighted by atomic mass is 10.1. The first-order valence-electron chi connectivity index (χ1n) is 11.0. The number of halogens is 1. The van der Waals surface area contributed by atoms with Crippen LogP contribution in [0.3, 0.4) is 0 Å². The van der Waals surface area contributed by atoms with E-state index in [0.29, 0.717) is 44.9 Å². The van der Waals surface area contributed by atoms with Crippen LogP contribution in [-0.4, -0.2) is 30.2 Å². The molecule has 0 amide bonds. The molecule has 0 bridgehead atoms. The van der Waals surface area contributed by atoms with Gasteiger partial charge in [-0.1, -0.05) is 29.7 Å². The van der Waals surface area contributed by atoms with Gasteiger partial charge in [-0.15, -0.1) is 0 Å². The highest BCUT2D eigenvalue weighted by molar-refractivity contribution is 6.32. The van der Waals surface area contributed by atoms with E-state index in [1.165, 1.54) is 10.9 Å². The number of nitrogen functional groups attached to an aromatic ring is 1. The van der Waals surface area contributed by atoms with E-state index < -0.39 is 0 Å². The van der Waals surface area contributed by atoms with Crippen molar-refractivity contribution in [1.29, 1.82) is 5.41 Å². The summed E-state index contributed by atoms with van der Waals surface area (Å²) in [6.45, 7) is 1.92. The van der Waals surface area contributed by atoms with Gasteiger partial charge in [0.05, 0.1) is 28.2 Å². The van der Waals surface area contributed by atoms with Gasteiger partial charge in [0.25, 0.3) is 5.56 Å². The van der Waals surface area contributed by atoms with E-state index in [2.05, 4.69) is 37.1 Å². The van der Waals surface area contributed by atoms with Crippen LogP contribution in [0.1, 0.15) is 29.8 Å². The predicted octanol–water partition coefficient (Wildman–Crippen LogP) is 3.51. The van der Waals surface area contributed by atoms with Crippen LogP contribution in [0, 0.1) is 30.1 Å². The van der Waals surface area contributed by atoms with Crippen LogP contribution in [0.25, 0.3) is 16.7 Å². The molecule has 0 saturated heterocycles. The summed E-state index contributed by atoms with van der Waals surface area (Å²) in [5, 5.41) is 12.4. The monoisotopic (exact) mass is 484 g/mol. The SMILES string of the molecule is Cc1ccnc2nc(CNc3ncnc(N)c3C(=N)C#CC3CC3)n(-c3ccccc3Cl)c(=O)c12. The maximum Gasteiger partial charge on any atom is 0.267 e. The van der Waals surface area contributed by atoms with Gasteiger partial charge in [0.15, 0.2) is 5.65 Å². The molecule has 0 aliphatic heterocycles. The van der Waals surface area contributed by atoms with Crippen molar-refractivity contribution in [3.8, 4) is 17.5 Å². The lowest BCUT2D eigenvalue weighted by Crippen LogP contribution is -2.27. The normalized spacial score (nSPS) is 12.7. The van der Waals surface area contributed by atoms with Crippen LogP contribution in [0.2, 0.25) is 5.02 Å². The molecule has 9 nitrogen and oxygen atoms in total. The van der Waals surface area contributed by atoms with Gasteiger partial charge in [-0.2, -0.15) is 0 Å². The molecule has 4 N–H and O–H groups in total. The Kier molecular flexibility index (Phi) is 5.89. The number of anilines is 2. The second-order valence-electron chi connectivity index (χ2n) is 8.20. The van der Waals surface area contributed by atoms with E-state index in [1.807, 2.05) is 6.92 Å². The Morgan fingerprint density at radius 3 is 2.83 bits per heavy atom. The van der Waals surface area contributed by atoms with Crippen LogP contribution in [0.5, 0.6) is 0 Å². The minimum absolute atomic E-state index is 0.0322. The van der Waals surface area contributed by atoms with Gasteiger partial charge >= 0.3 is 0 Å². The molecule has 1 aliphatic rings. The molecule has 5 rings (SSSR count). The van der Waals surface area contributed by atoms with E-state index in [0.717, 1.165) is 18.4 Å². The van der Waals surface area contributed by atoms with Gasteiger partial charge in [0.1, 0.15) is 29.5 Å². The minimum Gasteiger partial charge on any atom is -0.383 e. The zero-order valence-electron chi connectivity index (χ0n) is 18.8. The van der Waals surface area contributed by atoms with Crippen LogP contribution in [-0.2, 0) is 6.54 Å². The molecule has 0 atom stereocenters. The molecule has 1 aromatic carbocycles. The van der Waals surface area contributed by atoms with Crippen LogP contribution in [0.4, 0.5) is 11.6 Å². The average molecular weight is 485 g/mol. The Bertz CT molecular complexity index is 1600. The summed E-state index contributed by atoms with van der Waals surface area (Å²) in [4.78, 5) is 30.9. The van der Waals surface area contributed by atoms with Crippen LogP contribution in [0.15, 0.2) is 47.7 Å². The first kappa shape index (κ1) is 22.5. The van der Waals surface area contributed by atoms with Crippen molar-refractivity contribution in [2.75, 3.05) is 11.1 Å². The van der Waals surface area contributed by atoms with Gasteiger partial charge in [-0.25, -0.2) is 19.9 Å². The summed E-state index contributed by atoms with van der Waals surface area (Å²) in [7, 11) is 0. The zero-order valence-corrected chi connectivity index (χ0v) is 19.6. The fourth-order valence-electron chi connectivity index (χ4n) is 3.70. The Labute approximate surface area is 205 Å². The van der Waals surface area contributed by atoms with Gasteiger partial charge in [0, 0.05) is 12.1 Å². The molecule has 0 radical (unpaired) electrons. The smallest absolute Gasteiger partial charge is 0.267 e. The van der Waals surface area contributed by atoms with Crippen LogP contribution >= 0.6 is 11.6 Å². The van der Waals surface area contributed by atoms with E-state index >= 15 is 0 Å². The predicted molar refractivity (Wildman–Crippen MR) is 136 cm³/mol. The highest BCUT2D eigenvalue weighted by Gasteiger charge is 2.20. The number of hydrogen-bond donors (Lipinski definition) is 3. The maximum atomic E-state index is 13.6. The average Bonchev–Trinajstić information content (AvgIpc) is 3.67. The van der Waals surface area contributed by atoms with Crippen LogP contribution < -0.4 is 16.6 Å². The lowest BCUT2D eigenvalue weighted by molar-refractivity contribution is 0.831. The second-order valence-corrected chi connectivity index (χ2v) is 8.61. The molecule has 174 valence electrons. The maximum absolute atomic E-state index is 13.6. The van der Waals surface area contributed by atoms with Crippen molar-refractivity contribution in [1.82, 2.24) is 24.5 Å². The van der Waals surface area contributed by atoms with Gasteiger partial charge in [-0.05, 0) is 49.4 Å². The van der Waals surface area contributed by atoms with Gasteiger partial charge < -0.3 is 11.1 Å². The summed E-state index contributed by atoms with van der Waals surface area (Å²) in [6, 6.07) is 8.83. The minimum atomic E-state index is -0.282. The van der Waals surface area contributed by atoms with Crippen molar-refractivity contribution in [2.45, 2.75) is 26.3 Å². The molecule has 1 aliphatic carbocycles. The van der Waals surface area contributed by atoms with E-state index in [-0.39, 0.29) is 23.6 Å². The van der Waals surface area contributed by atoms with Gasteiger partial charge in [0.2, 0.25) is 0 Å². The van der Waals surface area contributed by atoms with Crippen molar-refractivity contribution in [3.05, 3.63) is 75.2 Å². The van der Waals surface area contributed by atoms with Crippen molar-refractivity contribution < 1.29 is 0 Å². The first-order valence-corrected chi connectivity index (χ1v) is 11.4. The topological polar surface area (TPSA) is 135 Å². The molecule has 35 heavy (non-hydrogen) atoms. The summed E-state index contributed by atoms with van der Waals surface area (Å²) in [5.41, 5.74) is 7.73. The molecule has 1 fully saturated rings. The summed E-state index contributed by atoms with van der Waals surface area (Å²) in [5.74, 6) is 7.09. The molecule has 1 saturated carbocycles. The largest absolute Gasteiger partial charge is 0.383 e. The Morgan fingerprint density at radius 1 is 1.26 bits per heavy atom. The van der Waals surface area contributed by atoms with Crippen molar-refractivity contribution in [3.63, 3.8) is 0 Å². The second kappa shape index (κ2) is 9.16. The molecular formula is C25H21ClN8O. The highest BCUT2D eigenvalue weighted by atomic mass is 35.5. The van der Waals surface area contributed by atoms with E-state index in [9.17, 15) is 4.79 Å². The third kappa shape index (κ3) is 4.44. The molecule has 3 heterocycles. The third-order valence-corrected chi connectivity index (χ3v) is 5.98. The molecule has 0 unspecified atom stereocenters. The molecule has 3 aromatic heterocycles. The molecule has 10 heteroatoms. The molecule has 4 aromatic rings. The summed E-state index contributed by atoms with van der Waals surface area (Å²) < 4.78 is 1.47. The van der Waals surface area contributed by atoms with Crippen molar-refractivity contribution >= 4 is 40.0 Å². The zero-order chi connectivity index (χ0) is 24.5. The Hall–Kier alpha value is -4.29. The summed E-state index contributed by atoms with van der Waals surface area (Å²) >= 11 is 6.46. The molecule has 0 spiro atoms. The lowest BCUT2D eigenvalue weighted by Gasteiger charge is -2.17. The number of aromatic nitrogens is 5. The number of nitrogens with one attached hydrogen (secondary N) is 2. The Balaban J connectivity index is 1.59. The number of pyridine rings is 1. The standard InChI is InChI=1S/C25H21ClN8O/c1-14-10-11-29-24-20(14)25(35)34(18-5-3-2-4-16(18)26)19(33-24)12-30-23-21(22(28)31-13-32-23)17(27)9-8-15-6-7-15/h2-5,10-11,13,15,27H,6-7,12H2,1H3,(H3,28,30,31,32). The number of aryl methyl sites for hydroxylation is 1. The first-order chi connectivity index (χ1) is 16.9. The fraction of sp³-hybridized carbons (Fsp3) is 0.200. The number of fused-ring (bicyclic) bond motifs is 1. The van der Waals surface area contributed by atoms with Crippen molar-refractivity contribution in [2.24, 2.45) is 5.92 Å². The number of nitrogens with two attached hydrogens (primary N) is 1. The van der Waals surface area contributed by atoms with Gasteiger partial charge in [-0.3, -0.25) is 14.8 Å². The number of nitrogens with zero attached hydrogens (tertiary/aromatic N) is 5. The number of benzene rings is 1. The quantitative estimate of drug-likeness (QED) is 0.291. The Morgan fingerprint density at radius 2 is 2.06 bits per heavy atom. The number of para-hydroxylation sites is 1. The number of rotatable bonds is 5. The highest BCUT2D eigenvalue weighted by Crippen LogP contribution is 2.28. The number of hydrogen-bond acceptors (Lipinski definition) is 8. The molecular weight excluding hydrogens is 464 g/mol.